The number of thiazole rings is 1. The molecule has 0 aromatic carbocycles. The highest BCUT2D eigenvalue weighted by atomic mass is 32.1. The van der Waals surface area contributed by atoms with E-state index in [0.717, 1.165) is 25.4 Å². The van der Waals surface area contributed by atoms with E-state index in [0.29, 0.717) is 0 Å². The molecule has 1 unspecified atom stereocenters. The van der Waals surface area contributed by atoms with Gasteiger partial charge in [-0.15, -0.1) is 11.3 Å². The van der Waals surface area contributed by atoms with E-state index in [1.807, 2.05) is 11.3 Å². The number of hydrogen-bond donors (Lipinski definition) is 1. The van der Waals surface area contributed by atoms with Crippen LogP contribution in [0, 0.1) is 0 Å². The summed E-state index contributed by atoms with van der Waals surface area (Å²) in [5.41, 5.74) is 1.27. The molecule has 1 aliphatic carbocycles. The molecule has 0 aliphatic heterocycles. The fourth-order valence-electron chi connectivity index (χ4n) is 1.79. The summed E-state index contributed by atoms with van der Waals surface area (Å²) in [7, 11) is 1.76. The maximum absolute atomic E-state index is 5.30. The molecule has 1 aliphatic rings. The molecule has 1 aromatic rings. The van der Waals surface area contributed by atoms with Crippen LogP contribution in [0.3, 0.4) is 0 Å². The molecule has 1 heterocycles. The number of methoxy groups -OCH3 is 1. The Labute approximate surface area is 108 Å². The Kier molecular flexibility index (Phi) is 4.54. The van der Waals surface area contributed by atoms with Crippen molar-refractivity contribution in [2.24, 2.45) is 0 Å². The van der Waals surface area contributed by atoms with Gasteiger partial charge in [-0.3, -0.25) is 0 Å². The van der Waals surface area contributed by atoms with Crippen LogP contribution in [0.2, 0.25) is 0 Å². The van der Waals surface area contributed by atoms with Crippen LogP contribution in [-0.2, 0) is 24.1 Å². The molecule has 0 amide bonds. The van der Waals surface area contributed by atoms with Crippen molar-refractivity contribution in [3.8, 4) is 0 Å². The maximum atomic E-state index is 5.30. The SMILES string of the molecule is CCc1nc(CC(C)OC)sc1CNC1CC1. The lowest BCUT2D eigenvalue weighted by Gasteiger charge is -2.05. The molecular formula is C13H22N2OS. The van der Waals surface area contributed by atoms with Crippen LogP contribution in [-0.4, -0.2) is 24.2 Å². The van der Waals surface area contributed by atoms with Crippen molar-refractivity contribution >= 4 is 11.3 Å². The predicted octanol–water partition coefficient (Wildman–Crippen LogP) is 2.53. The summed E-state index contributed by atoms with van der Waals surface area (Å²) >= 11 is 1.84. The van der Waals surface area contributed by atoms with Gasteiger partial charge < -0.3 is 10.1 Å². The molecule has 1 saturated carbocycles. The zero-order chi connectivity index (χ0) is 12.3. The maximum Gasteiger partial charge on any atom is 0.0957 e. The Morgan fingerprint density at radius 1 is 1.53 bits per heavy atom. The van der Waals surface area contributed by atoms with Gasteiger partial charge in [0.05, 0.1) is 16.8 Å². The Morgan fingerprint density at radius 3 is 2.88 bits per heavy atom. The molecule has 3 nitrogen and oxygen atoms in total. The van der Waals surface area contributed by atoms with Gasteiger partial charge in [0.25, 0.3) is 0 Å². The molecule has 0 saturated heterocycles. The Morgan fingerprint density at radius 2 is 2.29 bits per heavy atom. The smallest absolute Gasteiger partial charge is 0.0957 e. The van der Waals surface area contributed by atoms with E-state index in [1.165, 1.54) is 28.4 Å². The molecule has 17 heavy (non-hydrogen) atoms. The summed E-state index contributed by atoms with van der Waals surface area (Å²) in [6.45, 7) is 5.27. The lowest BCUT2D eigenvalue weighted by atomic mass is 10.2. The Bertz CT molecular complexity index is 360. The highest BCUT2D eigenvalue weighted by Crippen LogP contribution is 2.24. The molecule has 2 rings (SSSR count). The summed E-state index contributed by atoms with van der Waals surface area (Å²) in [6.07, 6.45) is 4.90. The number of aromatic nitrogens is 1. The molecule has 0 spiro atoms. The molecule has 1 atom stereocenters. The highest BCUT2D eigenvalue weighted by molar-refractivity contribution is 7.11. The van der Waals surface area contributed by atoms with Crippen LogP contribution in [0.4, 0.5) is 0 Å². The molecule has 1 N–H and O–H groups in total. The lowest BCUT2D eigenvalue weighted by Crippen LogP contribution is -2.15. The average molecular weight is 254 g/mol. The molecule has 1 fully saturated rings. The molecule has 4 heteroatoms. The largest absolute Gasteiger partial charge is 0.381 e. The van der Waals surface area contributed by atoms with Gasteiger partial charge in [0.2, 0.25) is 0 Å². The van der Waals surface area contributed by atoms with Gasteiger partial charge in [-0.1, -0.05) is 6.92 Å². The minimum atomic E-state index is 0.259. The first-order chi connectivity index (χ1) is 8.22. The van der Waals surface area contributed by atoms with Gasteiger partial charge in [0.15, 0.2) is 0 Å². The molecule has 0 bridgehead atoms. The number of aryl methyl sites for hydroxylation is 1. The fourth-order valence-corrected chi connectivity index (χ4v) is 3.01. The van der Waals surface area contributed by atoms with Crippen molar-refractivity contribution < 1.29 is 4.74 Å². The van der Waals surface area contributed by atoms with Crippen molar-refractivity contribution in [2.75, 3.05) is 7.11 Å². The van der Waals surface area contributed by atoms with E-state index >= 15 is 0 Å². The quantitative estimate of drug-likeness (QED) is 0.812. The van der Waals surface area contributed by atoms with Gasteiger partial charge in [-0.25, -0.2) is 4.98 Å². The average Bonchev–Trinajstić information content (AvgIpc) is 3.08. The van der Waals surface area contributed by atoms with Crippen LogP contribution in [0.5, 0.6) is 0 Å². The Balaban J connectivity index is 1.97. The van der Waals surface area contributed by atoms with Crippen molar-refractivity contribution in [1.29, 1.82) is 0 Å². The normalized spacial score (nSPS) is 17.4. The van der Waals surface area contributed by atoms with E-state index in [2.05, 4.69) is 19.2 Å². The first-order valence-corrected chi connectivity index (χ1v) is 7.28. The van der Waals surface area contributed by atoms with E-state index < -0.39 is 0 Å². The minimum absolute atomic E-state index is 0.259. The second-order valence-corrected chi connectivity index (χ2v) is 5.90. The lowest BCUT2D eigenvalue weighted by molar-refractivity contribution is 0.118. The number of nitrogens with one attached hydrogen (secondary N) is 1. The number of rotatable bonds is 7. The third-order valence-corrected chi connectivity index (χ3v) is 4.27. The first-order valence-electron chi connectivity index (χ1n) is 6.46. The molecule has 1 aromatic heterocycles. The second kappa shape index (κ2) is 5.94. The minimum Gasteiger partial charge on any atom is -0.381 e. The van der Waals surface area contributed by atoms with Gasteiger partial charge in [-0.05, 0) is 26.2 Å². The first kappa shape index (κ1) is 13.0. The molecular weight excluding hydrogens is 232 g/mol. The van der Waals surface area contributed by atoms with E-state index in [9.17, 15) is 0 Å². The second-order valence-electron chi connectivity index (χ2n) is 4.74. The van der Waals surface area contributed by atoms with Crippen molar-refractivity contribution in [2.45, 2.75) is 58.2 Å². The summed E-state index contributed by atoms with van der Waals surface area (Å²) in [5.74, 6) is 0. The summed E-state index contributed by atoms with van der Waals surface area (Å²) in [5, 5.41) is 4.78. The summed E-state index contributed by atoms with van der Waals surface area (Å²) in [6, 6.07) is 0.767. The van der Waals surface area contributed by atoms with E-state index in [4.69, 9.17) is 9.72 Å². The van der Waals surface area contributed by atoms with E-state index in [1.54, 1.807) is 7.11 Å². The zero-order valence-electron chi connectivity index (χ0n) is 11.0. The van der Waals surface area contributed by atoms with E-state index in [-0.39, 0.29) is 6.10 Å². The number of ether oxygens (including phenoxy) is 1. The number of nitrogens with zero attached hydrogens (tertiary/aromatic N) is 1. The Hall–Kier alpha value is -0.450. The molecule has 0 radical (unpaired) electrons. The summed E-state index contributed by atoms with van der Waals surface area (Å²) < 4.78 is 5.30. The predicted molar refractivity (Wildman–Crippen MR) is 71.5 cm³/mol. The van der Waals surface area contributed by atoms with Gasteiger partial charge in [0, 0.05) is 31.0 Å². The number of hydrogen-bond acceptors (Lipinski definition) is 4. The monoisotopic (exact) mass is 254 g/mol. The fraction of sp³-hybridized carbons (Fsp3) is 0.769. The van der Waals surface area contributed by atoms with Gasteiger partial charge in [0.1, 0.15) is 0 Å². The van der Waals surface area contributed by atoms with Crippen LogP contribution < -0.4 is 5.32 Å². The zero-order valence-corrected chi connectivity index (χ0v) is 11.8. The van der Waals surface area contributed by atoms with Crippen LogP contribution >= 0.6 is 11.3 Å². The van der Waals surface area contributed by atoms with Crippen molar-refractivity contribution in [1.82, 2.24) is 10.3 Å². The topological polar surface area (TPSA) is 34.1 Å². The standard InChI is InChI=1S/C13H22N2OS/c1-4-11-12(8-14-10-5-6-10)17-13(15-11)7-9(2)16-3/h9-10,14H,4-8H2,1-3H3. The molecule has 96 valence electrons. The van der Waals surface area contributed by atoms with Crippen molar-refractivity contribution in [3.05, 3.63) is 15.6 Å². The van der Waals surface area contributed by atoms with Crippen molar-refractivity contribution in [3.63, 3.8) is 0 Å². The van der Waals surface area contributed by atoms with Crippen LogP contribution in [0.1, 0.15) is 42.3 Å². The summed E-state index contributed by atoms with van der Waals surface area (Å²) in [4.78, 5) is 6.13. The third-order valence-electron chi connectivity index (χ3n) is 3.15. The third kappa shape index (κ3) is 3.76. The highest BCUT2D eigenvalue weighted by Gasteiger charge is 2.21. The van der Waals surface area contributed by atoms with Gasteiger partial charge in [-0.2, -0.15) is 0 Å². The van der Waals surface area contributed by atoms with Gasteiger partial charge >= 0.3 is 0 Å². The van der Waals surface area contributed by atoms with Crippen LogP contribution in [0.25, 0.3) is 0 Å². The van der Waals surface area contributed by atoms with Crippen LogP contribution in [0.15, 0.2) is 0 Å².